The molecule has 0 atom stereocenters. The molecule has 210 valence electrons. The molecule has 0 unspecified atom stereocenters. The van der Waals surface area contributed by atoms with E-state index in [1.54, 1.807) is 12.1 Å². The van der Waals surface area contributed by atoms with Crippen molar-refractivity contribution in [2.75, 3.05) is 45.1 Å². The molecule has 38 heavy (non-hydrogen) atoms. The van der Waals surface area contributed by atoms with Crippen LogP contribution in [-0.2, 0) is 23.0 Å². The molecule has 1 aromatic carbocycles. The van der Waals surface area contributed by atoms with Gasteiger partial charge < -0.3 is 15.1 Å². The zero-order valence-electron chi connectivity index (χ0n) is 23.4. The summed E-state index contributed by atoms with van der Waals surface area (Å²) in [6, 6.07) is 6.06. The zero-order valence-corrected chi connectivity index (χ0v) is 25.0. The third-order valence-electron chi connectivity index (χ3n) is 6.83. The van der Waals surface area contributed by atoms with Gasteiger partial charge in [0.2, 0.25) is 10.0 Å². The Morgan fingerprint density at radius 2 is 1.66 bits per heavy atom. The molecule has 8 nitrogen and oxygen atoms in total. The number of anilines is 1. The molecule has 2 heterocycles. The molecule has 0 bridgehead atoms. The Labute approximate surface area is 232 Å². The van der Waals surface area contributed by atoms with Gasteiger partial charge in [-0.15, -0.1) is 11.3 Å². The van der Waals surface area contributed by atoms with E-state index >= 15 is 0 Å². The summed E-state index contributed by atoms with van der Waals surface area (Å²) in [5.41, 5.74) is 2.00. The first-order chi connectivity index (χ1) is 18.2. The minimum absolute atomic E-state index is 0.0285. The van der Waals surface area contributed by atoms with Gasteiger partial charge in [0.1, 0.15) is 5.00 Å². The number of carbonyl (C=O) groups is 2. The van der Waals surface area contributed by atoms with Crippen molar-refractivity contribution in [2.24, 2.45) is 0 Å². The molecule has 1 aliphatic rings. The van der Waals surface area contributed by atoms with Gasteiger partial charge in [-0.3, -0.25) is 9.59 Å². The maximum absolute atomic E-state index is 13.7. The highest BCUT2D eigenvalue weighted by Crippen LogP contribution is 2.38. The fourth-order valence-electron chi connectivity index (χ4n) is 4.74. The van der Waals surface area contributed by atoms with Crippen molar-refractivity contribution in [3.8, 4) is 0 Å². The number of hydrogen-bond donors (Lipinski definition) is 1. The van der Waals surface area contributed by atoms with Gasteiger partial charge in [-0.05, 0) is 62.6 Å². The molecule has 0 fully saturated rings. The average molecular weight is 563 g/mol. The number of unbranched alkanes of at least 4 members (excludes halogenated alkanes) is 1. The molecule has 0 spiro atoms. The standard InChI is InChI=1S/C28H42N4O4S2/c1-6-10-18-32(9-4)38(35,36)22-13-11-21(12-14-22)26(33)29-27-25(28(34)31(16-7-2)17-8-3)23-15-19-30(5)20-24(23)37-27/h11-14H,6-10,15-20H2,1-5H3,(H,29,33). The maximum atomic E-state index is 13.7. The Balaban J connectivity index is 1.88. The Hall–Kier alpha value is -2.27. The lowest BCUT2D eigenvalue weighted by Gasteiger charge is -2.25. The molecule has 10 heteroatoms. The normalized spacial score (nSPS) is 13.9. The molecule has 1 aliphatic heterocycles. The van der Waals surface area contributed by atoms with Crippen LogP contribution in [0.2, 0.25) is 0 Å². The number of benzene rings is 1. The predicted octanol–water partition coefficient (Wildman–Crippen LogP) is 5.06. The van der Waals surface area contributed by atoms with Gasteiger partial charge >= 0.3 is 0 Å². The van der Waals surface area contributed by atoms with Crippen LogP contribution >= 0.6 is 11.3 Å². The Morgan fingerprint density at radius 3 is 2.24 bits per heavy atom. The monoisotopic (exact) mass is 562 g/mol. The lowest BCUT2D eigenvalue weighted by Crippen LogP contribution is -2.34. The van der Waals surface area contributed by atoms with Gasteiger partial charge in [0.25, 0.3) is 11.8 Å². The van der Waals surface area contributed by atoms with E-state index in [1.165, 1.54) is 27.8 Å². The van der Waals surface area contributed by atoms with E-state index < -0.39 is 10.0 Å². The summed E-state index contributed by atoms with van der Waals surface area (Å²) in [4.78, 5) is 32.4. The Morgan fingerprint density at radius 1 is 1.00 bits per heavy atom. The van der Waals surface area contributed by atoms with Gasteiger partial charge in [-0.25, -0.2) is 8.42 Å². The molecule has 2 aromatic rings. The van der Waals surface area contributed by atoms with Crippen molar-refractivity contribution in [1.82, 2.24) is 14.1 Å². The van der Waals surface area contributed by atoms with Gasteiger partial charge in [0, 0.05) is 49.7 Å². The van der Waals surface area contributed by atoms with E-state index in [9.17, 15) is 18.0 Å². The van der Waals surface area contributed by atoms with E-state index in [2.05, 4.69) is 31.1 Å². The topological polar surface area (TPSA) is 90.0 Å². The molecule has 3 rings (SSSR count). The van der Waals surface area contributed by atoms with E-state index in [0.717, 1.165) is 55.6 Å². The Kier molecular flexibility index (Phi) is 10.9. The molecule has 2 amide bonds. The van der Waals surface area contributed by atoms with Gasteiger partial charge in [0.15, 0.2) is 0 Å². The van der Waals surface area contributed by atoms with Crippen molar-refractivity contribution >= 4 is 38.2 Å². The lowest BCUT2D eigenvalue weighted by molar-refractivity contribution is 0.0755. The number of fused-ring (bicyclic) bond motifs is 1. The fraction of sp³-hybridized carbons (Fsp3) is 0.571. The SMILES string of the molecule is CCCCN(CC)S(=O)(=O)c1ccc(C(=O)Nc2sc3c(c2C(=O)N(CCC)CCC)CCN(C)C3)cc1. The van der Waals surface area contributed by atoms with Crippen LogP contribution in [0.4, 0.5) is 5.00 Å². The van der Waals surface area contributed by atoms with Crippen LogP contribution in [0.3, 0.4) is 0 Å². The molecule has 1 N–H and O–H groups in total. The number of rotatable bonds is 13. The van der Waals surface area contributed by atoms with Crippen LogP contribution in [-0.4, -0.2) is 74.1 Å². The summed E-state index contributed by atoms with van der Waals surface area (Å²) >= 11 is 1.47. The second-order valence-corrected chi connectivity index (χ2v) is 12.9. The van der Waals surface area contributed by atoms with E-state index in [4.69, 9.17) is 0 Å². The number of likely N-dealkylation sites (N-methyl/N-ethyl adjacent to an activating group) is 1. The fourth-order valence-corrected chi connectivity index (χ4v) is 7.55. The molecule has 0 saturated carbocycles. The van der Waals surface area contributed by atoms with Gasteiger partial charge in [0.05, 0.1) is 10.5 Å². The molecule has 0 saturated heterocycles. The summed E-state index contributed by atoms with van der Waals surface area (Å²) in [6.45, 7) is 11.8. The number of nitrogens with one attached hydrogen (secondary N) is 1. The van der Waals surface area contributed by atoms with Crippen LogP contribution in [0.25, 0.3) is 0 Å². The second kappa shape index (κ2) is 13.7. The minimum atomic E-state index is -3.62. The zero-order chi connectivity index (χ0) is 27.9. The van der Waals surface area contributed by atoms with Crippen molar-refractivity contribution in [2.45, 2.75) is 71.2 Å². The van der Waals surface area contributed by atoms with Crippen LogP contribution in [0, 0.1) is 0 Å². The first-order valence-electron chi connectivity index (χ1n) is 13.7. The Bertz CT molecular complexity index is 1200. The molecular weight excluding hydrogens is 520 g/mol. The van der Waals surface area contributed by atoms with Crippen molar-refractivity contribution in [3.63, 3.8) is 0 Å². The summed E-state index contributed by atoms with van der Waals surface area (Å²) in [5.74, 6) is -0.384. The van der Waals surface area contributed by atoms with E-state index in [-0.39, 0.29) is 16.7 Å². The third-order valence-corrected chi connectivity index (χ3v) is 9.95. The highest BCUT2D eigenvalue weighted by atomic mass is 32.2. The first kappa shape index (κ1) is 30.3. The van der Waals surface area contributed by atoms with Gasteiger partial charge in [-0.1, -0.05) is 34.1 Å². The lowest BCUT2D eigenvalue weighted by atomic mass is 10.0. The molecule has 0 aliphatic carbocycles. The minimum Gasteiger partial charge on any atom is -0.339 e. The second-order valence-electron chi connectivity index (χ2n) is 9.82. The summed E-state index contributed by atoms with van der Waals surface area (Å²) in [7, 11) is -1.57. The smallest absolute Gasteiger partial charge is 0.257 e. The van der Waals surface area contributed by atoms with E-state index in [0.29, 0.717) is 42.3 Å². The quantitative estimate of drug-likeness (QED) is 0.369. The van der Waals surface area contributed by atoms with Crippen LogP contribution in [0.5, 0.6) is 0 Å². The van der Waals surface area contributed by atoms with Crippen molar-refractivity contribution in [3.05, 3.63) is 45.8 Å². The van der Waals surface area contributed by atoms with Crippen molar-refractivity contribution < 1.29 is 18.0 Å². The summed E-state index contributed by atoms with van der Waals surface area (Å²) in [5, 5.41) is 3.57. The largest absolute Gasteiger partial charge is 0.339 e. The maximum Gasteiger partial charge on any atom is 0.257 e. The molecule has 0 radical (unpaired) electrons. The predicted molar refractivity (Wildman–Crippen MR) is 155 cm³/mol. The van der Waals surface area contributed by atoms with Crippen LogP contribution < -0.4 is 5.32 Å². The average Bonchev–Trinajstić information content (AvgIpc) is 3.25. The first-order valence-corrected chi connectivity index (χ1v) is 16.0. The number of thiophene rings is 1. The highest BCUT2D eigenvalue weighted by molar-refractivity contribution is 7.89. The van der Waals surface area contributed by atoms with Gasteiger partial charge in [-0.2, -0.15) is 4.31 Å². The number of sulfonamides is 1. The van der Waals surface area contributed by atoms with E-state index in [1.807, 2.05) is 18.7 Å². The number of carbonyl (C=O) groups excluding carboxylic acids is 2. The van der Waals surface area contributed by atoms with Crippen LogP contribution in [0.1, 0.15) is 84.5 Å². The molecular formula is C28H42N4O4S2. The molecule has 1 aromatic heterocycles. The number of amides is 2. The highest BCUT2D eigenvalue weighted by Gasteiger charge is 2.30. The number of hydrogen-bond acceptors (Lipinski definition) is 6. The third kappa shape index (κ3) is 6.83. The number of nitrogens with zero attached hydrogens (tertiary/aromatic N) is 3. The van der Waals surface area contributed by atoms with Crippen molar-refractivity contribution in [1.29, 1.82) is 0 Å². The van der Waals surface area contributed by atoms with Crippen LogP contribution in [0.15, 0.2) is 29.2 Å². The summed E-state index contributed by atoms with van der Waals surface area (Å²) < 4.78 is 27.6. The summed E-state index contributed by atoms with van der Waals surface area (Å²) in [6.07, 6.45) is 4.21.